The van der Waals surface area contributed by atoms with Crippen molar-refractivity contribution in [3.63, 3.8) is 0 Å². The molecular weight excluding hydrogens is 470 g/mol. The van der Waals surface area contributed by atoms with Gasteiger partial charge in [-0.1, -0.05) is 12.1 Å². The van der Waals surface area contributed by atoms with Crippen LogP contribution in [0.5, 0.6) is 5.75 Å². The van der Waals surface area contributed by atoms with Crippen LogP contribution in [0, 0.1) is 10.1 Å². The van der Waals surface area contributed by atoms with Crippen LogP contribution in [0.25, 0.3) is 0 Å². The second-order valence-corrected chi connectivity index (χ2v) is 7.61. The van der Waals surface area contributed by atoms with E-state index in [9.17, 15) is 29.3 Å². The molecule has 1 aliphatic heterocycles. The molecule has 0 radical (unpaired) electrons. The number of para-hydroxylation sites is 1. The van der Waals surface area contributed by atoms with Gasteiger partial charge in [0.05, 0.1) is 29.7 Å². The summed E-state index contributed by atoms with van der Waals surface area (Å²) in [7, 11) is 1.37. The van der Waals surface area contributed by atoms with Crippen molar-refractivity contribution in [3.05, 3.63) is 94.3 Å². The first-order chi connectivity index (χ1) is 17.3. The van der Waals surface area contributed by atoms with Gasteiger partial charge in [-0.3, -0.25) is 39.7 Å². The minimum absolute atomic E-state index is 0.0593. The summed E-state index contributed by atoms with van der Waals surface area (Å²) < 4.78 is 5.25. The first kappa shape index (κ1) is 24.0. The fourth-order valence-electron chi connectivity index (χ4n) is 3.71. The van der Waals surface area contributed by atoms with Crippen LogP contribution in [0.15, 0.2) is 73.1 Å². The quantitative estimate of drug-likeness (QED) is 0.314. The number of non-ortho nitro benzene ring substituents is 1. The Morgan fingerprint density at radius 1 is 1.08 bits per heavy atom. The van der Waals surface area contributed by atoms with Gasteiger partial charge in [0, 0.05) is 30.1 Å². The number of imide groups is 1. The summed E-state index contributed by atoms with van der Waals surface area (Å²) in [6, 6.07) is 12.5. The molecule has 1 aliphatic rings. The molecule has 1 unspecified atom stereocenters. The van der Waals surface area contributed by atoms with Crippen molar-refractivity contribution >= 4 is 35.0 Å². The molecule has 4 amide bonds. The summed E-state index contributed by atoms with van der Waals surface area (Å²) in [5.41, 5.74) is 2.56. The molecule has 0 aliphatic carbocycles. The topological polar surface area (TPSA) is 152 Å². The fraction of sp³-hybridized carbons (Fsp3) is 0.125. The van der Waals surface area contributed by atoms with Crippen LogP contribution in [-0.4, -0.2) is 51.7 Å². The number of carbonyl (C=O) groups excluding carboxylic acids is 4. The van der Waals surface area contributed by atoms with E-state index in [4.69, 9.17) is 4.74 Å². The summed E-state index contributed by atoms with van der Waals surface area (Å²) in [6.07, 6.45) is 2.36. The number of anilines is 1. The summed E-state index contributed by atoms with van der Waals surface area (Å²) in [5, 5.41) is 11.8. The molecular formula is C24H19N5O7. The lowest BCUT2D eigenvalue weighted by Crippen LogP contribution is -2.54. The molecule has 4 rings (SSSR count). The van der Waals surface area contributed by atoms with Gasteiger partial charge in [0.25, 0.3) is 23.4 Å². The number of pyridine rings is 1. The van der Waals surface area contributed by atoms with Gasteiger partial charge < -0.3 is 4.74 Å². The van der Waals surface area contributed by atoms with Gasteiger partial charge in [0.15, 0.2) is 0 Å². The van der Waals surface area contributed by atoms with E-state index in [0.29, 0.717) is 0 Å². The summed E-state index contributed by atoms with van der Waals surface area (Å²) >= 11 is 0. The number of rotatable bonds is 6. The van der Waals surface area contributed by atoms with E-state index in [0.717, 1.165) is 22.0 Å². The van der Waals surface area contributed by atoms with E-state index >= 15 is 0 Å². The zero-order valence-electron chi connectivity index (χ0n) is 18.9. The molecule has 1 fully saturated rings. The summed E-state index contributed by atoms with van der Waals surface area (Å²) in [6.45, 7) is 0. The second-order valence-electron chi connectivity index (χ2n) is 7.61. The number of hydrogen-bond acceptors (Lipinski definition) is 8. The van der Waals surface area contributed by atoms with Gasteiger partial charge in [-0.05, 0) is 36.4 Å². The van der Waals surface area contributed by atoms with Crippen LogP contribution in [-0.2, 0) is 9.59 Å². The average molecular weight is 489 g/mol. The smallest absolute Gasteiger partial charge is 0.276 e. The number of methoxy groups -OCH3 is 1. The van der Waals surface area contributed by atoms with E-state index in [1.54, 1.807) is 18.2 Å². The van der Waals surface area contributed by atoms with Gasteiger partial charge in [-0.2, -0.15) is 0 Å². The van der Waals surface area contributed by atoms with Gasteiger partial charge in [-0.25, -0.2) is 9.91 Å². The highest BCUT2D eigenvalue weighted by Gasteiger charge is 2.46. The highest BCUT2D eigenvalue weighted by molar-refractivity contribution is 6.23. The minimum atomic E-state index is -1.38. The van der Waals surface area contributed by atoms with Crippen LogP contribution in [0.1, 0.15) is 27.1 Å². The lowest BCUT2D eigenvalue weighted by molar-refractivity contribution is -0.384. The highest BCUT2D eigenvalue weighted by atomic mass is 16.6. The van der Waals surface area contributed by atoms with Gasteiger partial charge in [0.2, 0.25) is 5.91 Å². The molecule has 3 aromatic rings. The van der Waals surface area contributed by atoms with Crippen molar-refractivity contribution in [3.8, 4) is 5.75 Å². The molecule has 12 nitrogen and oxygen atoms in total. The molecule has 2 heterocycles. The third kappa shape index (κ3) is 4.59. The number of nitro benzene ring substituents is 1. The molecule has 36 heavy (non-hydrogen) atoms. The Bertz CT molecular complexity index is 1340. The van der Waals surface area contributed by atoms with Crippen molar-refractivity contribution in [1.29, 1.82) is 0 Å². The van der Waals surface area contributed by atoms with E-state index in [1.807, 2.05) is 0 Å². The van der Waals surface area contributed by atoms with Crippen LogP contribution in [0.4, 0.5) is 11.4 Å². The molecule has 182 valence electrons. The molecule has 1 atom stereocenters. The third-order valence-electron chi connectivity index (χ3n) is 5.47. The zero-order chi connectivity index (χ0) is 25.8. The average Bonchev–Trinajstić information content (AvgIpc) is 3.20. The Morgan fingerprint density at radius 2 is 1.75 bits per heavy atom. The number of carbonyl (C=O) groups is 4. The Hall–Kier alpha value is -5.13. The standard InChI is InChI=1S/C24H19N5O7/c1-36-20-5-3-2-4-18(20)23(32)28(26-22(31)15-10-12-25-13-11-15)19-14-21(30)27(24(19)33)16-6-8-17(9-7-16)29(34)35/h2-13,19H,14H2,1H3,(H,26,31). The second kappa shape index (κ2) is 10.0. The maximum absolute atomic E-state index is 13.6. The van der Waals surface area contributed by atoms with E-state index < -0.39 is 41.0 Å². The van der Waals surface area contributed by atoms with E-state index in [1.165, 1.54) is 49.8 Å². The molecule has 1 aromatic heterocycles. The molecule has 1 N–H and O–H groups in total. The van der Waals surface area contributed by atoms with Crippen LogP contribution in [0.2, 0.25) is 0 Å². The van der Waals surface area contributed by atoms with Gasteiger partial charge >= 0.3 is 0 Å². The van der Waals surface area contributed by atoms with Gasteiger partial charge in [-0.15, -0.1) is 0 Å². The summed E-state index contributed by atoms with van der Waals surface area (Å²) in [4.78, 5) is 67.7. The number of nitrogens with zero attached hydrogens (tertiary/aromatic N) is 4. The fourth-order valence-corrected chi connectivity index (χ4v) is 3.71. The predicted octanol–water partition coefficient (Wildman–Crippen LogP) is 2.12. The predicted molar refractivity (Wildman–Crippen MR) is 125 cm³/mol. The van der Waals surface area contributed by atoms with Crippen LogP contribution in [0.3, 0.4) is 0 Å². The SMILES string of the molecule is COc1ccccc1C(=O)N(NC(=O)c1ccncc1)C1CC(=O)N(c2ccc([N+](=O)[O-])cc2)C1=O. The number of nitrogens with one attached hydrogen (secondary N) is 1. The number of amides is 4. The zero-order valence-corrected chi connectivity index (χ0v) is 18.9. The van der Waals surface area contributed by atoms with Crippen molar-refractivity contribution in [2.75, 3.05) is 12.0 Å². The molecule has 0 saturated carbocycles. The largest absolute Gasteiger partial charge is 0.496 e. The molecule has 1 saturated heterocycles. The highest BCUT2D eigenvalue weighted by Crippen LogP contribution is 2.29. The van der Waals surface area contributed by atoms with E-state index in [2.05, 4.69) is 10.4 Å². The molecule has 0 spiro atoms. The van der Waals surface area contributed by atoms with Crippen LogP contribution >= 0.6 is 0 Å². The van der Waals surface area contributed by atoms with Crippen molar-refractivity contribution in [1.82, 2.24) is 15.4 Å². The van der Waals surface area contributed by atoms with Crippen molar-refractivity contribution in [2.45, 2.75) is 12.5 Å². The Balaban J connectivity index is 1.69. The number of ether oxygens (including phenoxy) is 1. The van der Waals surface area contributed by atoms with Gasteiger partial charge in [0.1, 0.15) is 11.8 Å². The third-order valence-corrected chi connectivity index (χ3v) is 5.47. The Kier molecular flexibility index (Phi) is 6.68. The molecule has 0 bridgehead atoms. The number of hydrazine groups is 1. The molecule has 12 heteroatoms. The Morgan fingerprint density at radius 3 is 2.39 bits per heavy atom. The maximum Gasteiger partial charge on any atom is 0.276 e. The first-order valence-corrected chi connectivity index (χ1v) is 10.6. The summed E-state index contributed by atoms with van der Waals surface area (Å²) in [5.74, 6) is -2.70. The number of nitro groups is 1. The lowest BCUT2D eigenvalue weighted by atomic mass is 10.1. The van der Waals surface area contributed by atoms with Crippen LogP contribution < -0.4 is 15.1 Å². The normalized spacial score (nSPS) is 14.9. The first-order valence-electron chi connectivity index (χ1n) is 10.6. The number of hydrogen-bond donors (Lipinski definition) is 1. The number of benzene rings is 2. The number of aromatic nitrogens is 1. The lowest BCUT2D eigenvalue weighted by Gasteiger charge is -2.28. The maximum atomic E-state index is 13.6. The van der Waals surface area contributed by atoms with Crippen molar-refractivity contribution in [2.24, 2.45) is 0 Å². The van der Waals surface area contributed by atoms with Crippen molar-refractivity contribution < 1.29 is 28.8 Å². The minimum Gasteiger partial charge on any atom is -0.496 e. The Labute approximate surface area is 204 Å². The molecule has 2 aromatic carbocycles. The van der Waals surface area contributed by atoms with E-state index in [-0.39, 0.29) is 28.3 Å². The monoisotopic (exact) mass is 489 g/mol.